The van der Waals surface area contributed by atoms with E-state index >= 15 is 0 Å². The van der Waals surface area contributed by atoms with Gasteiger partial charge in [0.25, 0.3) is 0 Å². The fourth-order valence-electron chi connectivity index (χ4n) is 2.97. The number of hydrogen-bond donors (Lipinski definition) is 2. The van der Waals surface area contributed by atoms with Crippen LogP contribution < -0.4 is 5.32 Å². The molecule has 0 spiro atoms. The van der Waals surface area contributed by atoms with Gasteiger partial charge in [0.1, 0.15) is 0 Å². The first-order chi connectivity index (χ1) is 8.59. The average molecular weight is 247 g/mol. The Hall–Kier alpha value is -0.860. The first kappa shape index (κ1) is 13.6. The van der Waals surface area contributed by atoms with Crippen LogP contribution in [0.1, 0.15) is 56.4 Å². The normalized spacial score (nSPS) is 18.5. The number of aryl methyl sites for hydroxylation is 1. The molecule has 0 radical (unpaired) electrons. The van der Waals surface area contributed by atoms with Gasteiger partial charge in [-0.05, 0) is 49.3 Å². The molecule has 18 heavy (non-hydrogen) atoms. The summed E-state index contributed by atoms with van der Waals surface area (Å²) in [6.07, 6.45) is 4.42. The van der Waals surface area contributed by atoms with Crippen molar-refractivity contribution in [1.29, 1.82) is 0 Å². The Balaban J connectivity index is 2.22. The molecule has 2 atom stereocenters. The molecule has 100 valence electrons. The molecule has 1 aliphatic carbocycles. The van der Waals surface area contributed by atoms with Gasteiger partial charge in [-0.1, -0.05) is 32.0 Å². The van der Waals surface area contributed by atoms with Gasteiger partial charge in [0.15, 0.2) is 0 Å². The zero-order chi connectivity index (χ0) is 13.1. The summed E-state index contributed by atoms with van der Waals surface area (Å²) < 4.78 is 0. The smallest absolute Gasteiger partial charge is 0.0943 e. The van der Waals surface area contributed by atoms with Crippen LogP contribution in [0, 0.1) is 0 Å². The lowest BCUT2D eigenvalue weighted by atomic mass is 9.85. The summed E-state index contributed by atoms with van der Waals surface area (Å²) in [6.45, 7) is 6.29. The maximum Gasteiger partial charge on any atom is 0.0943 e. The van der Waals surface area contributed by atoms with Gasteiger partial charge in [-0.2, -0.15) is 0 Å². The van der Waals surface area contributed by atoms with Crippen molar-refractivity contribution in [3.05, 3.63) is 34.9 Å². The summed E-state index contributed by atoms with van der Waals surface area (Å²) in [5.41, 5.74) is 3.97. The van der Waals surface area contributed by atoms with E-state index in [0.717, 1.165) is 12.0 Å². The van der Waals surface area contributed by atoms with E-state index in [4.69, 9.17) is 0 Å². The Morgan fingerprint density at radius 3 is 2.56 bits per heavy atom. The fraction of sp³-hybridized carbons (Fsp3) is 0.625. The zero-order valence-corrected chi connectivity index (χ0v) is 11.7. The predicted molar refractivity (Wildman–Crippen MR) is 75.8 cm³/mol. The van der Waals surface area contributed by atoms with E-state index < -0.39 is 6.10 Å². The third-order valence-electron chi connectivity index (χ3n) is 3.82. The van der Waals surface area contributed by atoms with Crippen molar-refractivity contribution in [2.45, 2.75) is 64.6 Å². The summed E-state index contributed by atoms with van der Waals surface area (Å²) in [5.74, 6) is 0. The van der Waals surface area contributed by atoms with Gasteiger partial charge >= 0.3 is 0 Å². The third-order valence-corrected chi connectivity index (χ3v) is 3.82. The molecule has 0 aliphatic heterocycles. The van der Waals surface area contributed by atoms with Crippen molar-refractivity contribution in [2.24, 2.45) is 0 Å². The number of rotatable bonds is 4. The highest BCUT2D eigenvalue weighted by molar-refractivity contribution is 5.38. The van der Waals surface area contributed by atoms with E-state index in [-0.39, 0.29) is 6.04 Å². The molecule has 0 saturated carbocycles. The second-order valence-corrected chi connectivity index (χ2v) is 5.75. The summed E-state index contributed by atoms with van der Waals surface area (Å²) in [5, 5.41) is 13.9. The number of fused-ring (bicyclic) bond motifs is 1. The van der Waals surface area contributed by atoms with E-state index in [0.29, 0.717) is 6.04 Å². The topological polar surface area (TPSA) is 32.3 Å². The molecule has 1 aliphatic rings. The molecule has 0 unspecified atom stereocenters. The average Bonchev–Trinajstić information content (AvgIpc) is 2.36. The van der Waals surface area contributed by atoms with Crippen LogP contribution in [0.5, 0.6) is 0 Å². The molecule has 0 aromatic heterocycles. The Bertz CT molecular complexity index is 400. The minimum atomic E-state index is -0.402. The van der Waals surface area contributed by atoms with Gasteiger partial charge in [-0.3, -0.25) is 0 Å². The Morgan fingerprint density at radius 2 is 1.83 bits per heavy atom. The molecule has 1 aromatic rings. The summed E-state index contributed by atoms with van der Waals surface area (Å²) in [6, 6.07) is 6.89. The quantitative estimate of drug-likeness (QED) is 0.857. The minimum Gasteiger partial charge on any atom is -0.387 e. The van der Waals surface area contributed by atoms with Crippen molar-refractivity contribution >= 4 is 0 Å². The second kappa shape index (κ2) is 5.85. The molecule has 2 N–H and O–H groups in total. The maximum atomic E-state index is 10.5. The van der Waals surface area contributed by atoms with Crippen LogP contribution in [0.3, 0.4) is 0 Å². The van der Waals surface area contributed by atoms with Crippen molar-refractivity contribution in [3.8, 4) is 0 Å². The summed E-state index contributed by atoms with van der Waals surface area (Å²) in [7, 11) is 0. The number of benzene rings is 1. The predicted octanol–water partition coefficient (Wildman–Crippen LogP) is 2.99. The molecule has 0 saturated heterocycles. The molecule has 2 rings (SSSR count). The second-order valence-electron chi connectivity index (χ2n) is 5.75. The third kappa shape index (κ3) is 2.93. The highest BCUT2D eigenvalue weighted by atomic mass is 16.3. The lowest BCUT2D eigenvalue weighted by Gasteiger charge is -2.27. The summed E-state index contributed by atoms with van der Waals surface area (Å²) in [4.78, 5) is 0. The van der Waals surface area contributed by atoms with Gasteiger partial charge in [-0.25, -0.2) is 0 Å². The van der Waals surface area contributed by atoms with E-state index in [1.54, 1.807) is 0 Å². The van der Waals surface area contributed by atoms with Gasteiger partial charge in [-0.15, -0.1) is 0 Å². The van der Waals surface area contributed by atoms with Crippen LogP contribution in [0.25, 0.3) is 0 Å². The highest BCUT2D eigenvalue weighted by Gasteiger charge is 2.22. The Morgan fingerprint density at radius 1 is 1.11 bits per heavy atom. The Labute approximate surface area is 110 Å². The number of aliphatic hydroxyl groups is 1. The van der Waals surface area contributed by atoms with Crippen LogP contribution in [-0.4, -0.2) is 17.2 Å². The maximum absolute atomic E-state index is 10.5. The fourth-order valence-corrected chi connectivity index (χ4v) is 2.97. The van der Waals surface area contributed by atoms with E-state index in [1.807, 2.05) is 0 Å². The Kier molecular flexibility index (Phi) is 4.41. The molecular weight excluding hydrogens is 222 g/mol. The van der Waals surface area contributed by atoms with Gasteiger partial charge < -0.3 is 10.4 Å². The van der Waals surface area contributed by atoms with Crippen LogP contribution >= 0.6 is 0 Å². The van der Waals surface area contributed by atoms with Crippen molar-refractivity contribution in [1.82, 2.24) is 5.32 Å². The van der Waals surface area contributed by atoms with E-state index in [1.165, 1.54) is 30.4 Å². The molecule has 0 heterocycles. The van der Waals surface area contributed by atoms with Crippen molar-refractivity contribution < 1.29 is 5.11 Å². The lowest BCUT2D eigenvalue weighted by Crippen LogP contribution is -2.37. The van der Waals surface area contributed by atoms with Crippen LogP contribution in [0.2, 0.25) is 0 Å². The lowest BCUT2D eigenvalue weighted by molar-refractivity contribution is 0.130. The number of nitrogens with one attached hydrogen (secondary N) is 1. The largest absolute Gasteiger partial charge is 0.387 e. The van der Waals surface area contributed by atoms with Crippen LogP contribution in [0.15, 0.2) is 18.2 Å². The monoisotopic (exact) mass is 247 g/mol. The van der Waals surface area contributed by atoms with Crippen LogP contribution in [0.4, 0.5) is 0 Å². The van der Waals surface area contributed by atoms with Gasteiger partial charge in [0.05, 0.1) is 6.10 Å². The number of hydrogen-bond acceptors (Lipinski definition) is 2. The minimum absolute atomic E-state index is 0.0958. The van der Waals surface area contributed by atoms with Gasteiger partial charge in [0, 0.05) is 12.1 Å². The first-order valence-corrected chi connectivity index (χ1v) is 7.14. The molecule has 2 nitrogen and oxygen atoms in total. The molecule has 2 heteroatoms. The SMILES string of the molecule is CC(C)N[C@@H](C)[C@@H](O)c1cccc2c1CCCC2. The molecule has 0 fully saturated rings. The molecule has 0 bridgehead atoms. The van der Waals surface area contributed by atoms with Gasteiger partial charge in [0.2, 0.25) is 0 Å². The molecule has 0 amide bonds. The zero-order valence-electron chi connectivity index (χ0n) is 11.7. The summed E-state index contributed by atoms with van der Waals surface area (Å²) >= 11 is 0. The highest BCUT2D eigenvalue weighted by Crippen LogP contribution is 2.29. The van der Waals surface area contributed by atoms with Crippen molar-refractivity contribution in [2.75, 3.05) is 0 Å². The molecule has 1 aromatic carbocycles. The van der Waals surface area contributed by atoms with E-state index in [2.05, 4.69) is 44.3 Å². The molecular formula is C16H25NO. The van der Waals surface area contributed by atoms with Crippen LogP contribution in [-0.2, 0) is 12.8 Å². The standard InChI is InChI=1S/C16H25NO/c1-11(2)17-12(3)16(18)15-10-6-8-13-7-4-5-9-14(13)15/h6,8,10-12,16-18H,4-5,7,9H2,1-3H3/t12-,16+/m0/s1. The first-order valence-electron chi connectivity index (χ1n) is 7.14. The van der Waals surface area contributed by atoms with E-state index in [9.17, 15) is 5.11 Å². The number of aliphatic hydroxyl groups excluding tert-OH is 1. The van der Waals surface area contributed by atoms with Crippen molar-refractivity contribution in [3.63, 3.8) is 0 Å².